The van der Waals surface area contributed by atoms with Gasteiger partial charge in [0.15, 0.2) is 8.32 Å². The van der Waals surface area contributed by atoms with Crippen LogP contribution in [0.1, 0.15) is 40.2 Å². The van der Waals surface area contributed by atoms with Crippen molar-refractivity contribution >= 4 is 8.32 Å². The van der Waals surface area contributed by atoms with Crippen LogP contribution in [0.5, 0.6) is 5.75 Å². The average molecular weight is 379 g/mol. The lowest BCUT2D eigenvalue weighted by Crippen LogP contribution is -2.47. The zero-order valence-electron chi connectivity index (χ0n) is 18.0. The van der Waals surface area contributed by atoms with Crippen molar-refractivity contribution in [1.29, 1.82) is 0 Å². The van der Waals surface area contributed by atoms with Gasteiger partial charge in [-0.15, -0.1) is 6.58 Å². The van der Waals surface area contributed by atoms with Gasteiger partial charge in [-0.25, -0.2) is 0 Å². The van der Waals surface area contributed by atoms with Crippen molar-refractivity contribution in [2.75, 3.05) is 13.7 Å². The van der Waals surface area contributed by atoms with Crippen LogP contribution < -0.4 is 4.74 Å². The highest BCUT2D eigenvalue weighted by Gasteiger charge is 2.41. The summed E-state index contributed by atoms with van der Waals surface area (Å²) < 4.78 is 17.9. The first-order valence-electron chi connectivity index (χ1n) is 9.53. The maximum atomic E-state index is 6.72. The molecule has 1 rings (SSSR count). The van der Waals surface area contributed by atoms with E-state index in [9.17, 15) is 0 Å². The van der Waals surface area contributed by atoms with Crippen molar-refractivity contribution in [3.63, 3.8) is 0 Å². The molecule has 148 valence electrons. The Bertz CT molecular complexity index is 546. The van der Waals surface area contributed by atoms with E-state index in [0.29, 0.717) is 25.0 Å². The Morgan fingerprint density at radius 3 is 2.15 bits per heavy atom. The molecule has 3 nitrogen and oxygen atoms in total. The SMILES string of the molecule is C=C[C@H](C)[C@H](O[Si](C)(C)C(C)(C)C)[C@@H](C)COCc1ccc(OC)cc1. The Morgan fingerprint density at radius 2 is 1.69 bits per heavy atom. The molecule has 0 radical (unpaired) electrons. The van der Waals surface area contributed by atoms with E-state index in [1.165, 1.54) is 0 Å². The number of hydrogen-bond acceptors (Lipinski definition) is 3. The van der Waals surface area contributed by atoms with E-state index in [1.807, 2.05) is 30.3 Å². The van der Waals surface area contributed by atoms with E-state index in [2.05, 4.69) is 54.3 Å². The number of benzene rings is 1. The van der Waals surface area contributed by atoms with Gasteiger partial charge in [-0.2, -0.15) is 0 Å². The van der Waals surface area contributed by atoms with E-state index >= 15 is 0 Å². The van der Waals surface area contributed by atoms with Gasteiger partial charge in [-0.1, -0.05) is 52.8 Å². The molecule has 26 heavy (non-hydrogen) atoms. The summed E-state index contributed by atoms with van der Waals surface area (Å²) in [5.41, 5.74) is 1.15. The fraction of sp³-hybridized carbons (Fsp3) is 0.636. The Morgan fingerprint density at radius 1 is 1.12 bits per heavy atom. The third-order valence-electron chi connectivity index (χ3n) is 5.50. The molecular formula is C22H38O3Si. The zero-order valence-corrected chi connectivity index (χ0v) is 19.0. The molecule has 0 aliphatic heterocycles. The first-order chi connectivity index (χ1) is 12.0. The van der Waals surface area contributed by atoms with Crippen LogP contribution in [0.25, 0.3) is 0 Å². The largest absolute Gasteiger partial charge is 0.497 e. The van der Waals surface area contributed by atoms with Crippen LogP contribution in [-0.2, 0) is 15.8 Å². The van der Waals surface area contributed by atoms with Crippen LogP contribution in [0.15, 0.2) is 36.9 Å². The summed E-state index contributed by atoms with van der Waals surface area (Å²) in [4.78, 5) is 0. The van der Waals surface area contributed by atoms with Crippen molar-refractivity contribution in [2.45, 2.75) is 65.5 Å². The van der Waals surface area contributed by atoms with E-state index < -0.39 is 8.32 Å². The summed E-state index contributed by atoms with van der Waals surface area (Å²) in [6.45, 7) is 21.1. The lowest BCUT2D eigenvalue weighted by atomic mass is 9.94. The Balaban J connectivity index is 2.68. The fourth-order valence-corrected chi connectivity index (χ4v) is 4.05. The monoisotopic (exact) mass is 378 g/mol. The Kier molecular flexibility index (Phi) is 8.58. The van der Waals surface area contributed by atoms with Gasteiger partial charge in [0.05, 0.1) is 26.4 Å². The quantitative estimate of drug-likeness (QED) is 0.366. The minimum absolute atomic E-state index is 0.129. The van der Waals surface area contributed by atoms with Gasteiger partial charge in [-0.05, 0) is 41.7 Å². The molecule has 0 saturated heterocycles. The Labute approximate surface area is 161 Å². The van der Waals surface area contributed by atoms with Crippen LogP contribution in [0.2, 0.25) is 18.1 Å². The first kappa shape index (κ1) is 22.9. The molecule has 0 heterocycles. The molecular weight excluding hydrogens is 340 g/mol. The molecule has 4 heteroatoms. The minimum Gasteiger partial charge on any atom is -0.497 e. The molecule has 1 aromatic carbocycles. The highest BCUT2D eigenvalue weighted by molar-refractivity contribution is 6.74. The predicted molar refractivity (Wildman–Crippen MR) is 113 cm³/mol. The van der Waals surface area contributed by atoms with Crippen LogP contribution in [0, 0.1) is 11.8 Å². The summed E-state index contributed by atoms with van der Waals surface area (Å²) >= 11 is 0. The molecule has 0 aliphatic rings. The van der Waals surface area contributed by atoms with Crippen LogP contribution in [-0.4, -0.2) is 28.1 Å². The van der Waals surface area contributed by atoms with Crippen LogP contribution in [0.4, 0.5) is 0 Å². The highest BCUT2D eigenvalue weighted by atomic mass is 28.4. The second kappa shape index (κ2) is 9.72. The second-order valence-corrected chi connectivity index (χ2v) is 13.5. The van der Waals surface area contributed by atoms with E-state index in [1.54, 1.807) is 7.11 Å². The van der Waals surface area contributed by atoms with Gasteiger partial charge in [0.1, 0.15) is 5.75 Å². The van der Waals surface area contributed by atoms with Gasteiger partial charge < -0.3 is 13.9 Å². The molecule has 0 amide bonds. The zero-order chi connectivity index (χ0) is 20.0. The first-order valence-corrected chi connectivity index (χ1v) is 12.4. The molecule has 0 fully saturated rings. The number of ether oxygens (including phenoxy) is 2. The van der Waals surface area contributed by atoms with Crippen molar-refractivity contribution in [1.82, 2.24) is 0 Å². The van der Waals surface area contributed by atoms with Crippen LogP contribution >= 0.6 is 0 Å². The topological polar surface area (TPSA) is 27.7 Å². The molecule has 0 N–H and O–H groups in total. The smallest absolute Gasteiger partial charge is 0.192 e. The van der Waals surface area contributed by atoms with E-state index in [4.69, 9.17) is 13.9 Å². The number of rotatable bonds is 10. The standard InChI is InChI=1S/C22H38O3Si/c1-10-17(2)21(25-26(8,9)22(4,5)6)18(3)15-24-16-19-11-13-20(23-7)14-12-19/h10-14,17-18,21H,1,15-16H2,2-9H3/t17-,18-,21-/m0/s1. The lowest BCUT2D eigenvalue weighted by molar-refractivity contribution is 0.0195. The average Bonchev–Trinajstić information content (AvgIpc) is 2.58. The third-order valence-corrected chi connectivity index (χ3v) is 9.97. The second-order valence-electron chi connectivity index (χ2n) is 8.78. The van der Waals surface area contributed by atoms with Gasteiger partial charge in [0.25, 0.3) is 0 Å². The molecule has 0 unspecified atom stereocenters. The molecule has 3 atom stereocenters. The summed E-state index contributed by atoms with van der Waals surface area (Å²) in [6.07, 6.45) is 2.13. The summed E-state index contributed by atoms with van der Waals surface area (Å²) in [7, 11) is -0.164. The van der Waals surface area contributed by atoms with Gasteiger partial charge in [0.2, 0.25) is 0 Å². The van der Waals surface area contributed by atoms with Crippen molar-refractivity contribution in [3.05, 3.63) is 42.5 Å². The lowest BCUT2D eigenvalue weighted by Gasteiger charge is -2.42. The molecule has 0 aromatic heterocycles. The van der Waals surface area contributed by atoms with Crippen LogP contribution in [0.3, 0.4) is 0 Å². The summed E-state index contributed by atoms with van der Waals surface area (Å²) in [6, 6.07) is 8.01. The predicted octanol–water partition coefficient (Wildman–Crippen LogP) is 6.06. The molecule has 0 spiro atoms. The normalized spacial score (nSPS) is 16.0. The fourth-order valence-electron chi connectivity index (χ4n) is 2.57. The maximum absolute atomic E-state index is 6.72. The molecule has 1 aromatic rings. The summed E-state index contributed by atoms with van der Waals surface area (Å²) in [5.74, 6) is 1.46. The third kappa shape index (κ3) is 6.56. The number of hydrogen-bond donors (Lipinski definition) is 0. The summed E-state index contributed by atoms with van der Waals surface area (Å²) in [5, 5.41) is 0.190. The van der Waals surface area contributed by atoms with E-state index in [0.717, 1.165) is 11.3 Å². The van der Waals surface area contributed by atoms with Gasteiger partial charge in [-0.3, -0.25) is 0 Å². The van der Waals surface area contributed by atoms with Crippen molar-refractivity contribution in [3.8, 4) is 5.75 Å². The van der Waals surface area contributed by atoms with Crippen molar-refractivity contribution in [2.24, 2.45) is 11.8 Å². The van der Waals surface area contributed by atoms with Crippen molar-refractivity contribution < 1.29 is 13.9 Å². The minimum atomic E-state index is -1.84. The molecule has 0 bridgehead atoms. The number of methoxy groups -OCH3 is 1. The van der Waals surface area contributed by atoms with E-state index in [-0.39, 0.29) is 11.1 Å². The van der Waals surface area contributed by atoms with Gasteiger partial charge >= 0.3 is 0 Å². The molecule has 0 saturated carbocycles. The van der Waals surface area contributed by atoms with Gasteiger partial charge in [0, 0.05) is 5.92 Å². The highest BCUT2D eigenvalue weighted by Crippen LogP contribution is 2.39. The maximum Gasteiger partial charge on any atom is 0.192 e. The molecule has 0 aliphatic carbocycles. The Hall–Kier alpha value is -1.10.